The Morgan fingerprint density at radius 2 is 1.46 bits per heavy atom. The minimum Gasteiger partial charge on any atom is -0.347 e. The molecule has 3 heterocycles. The van der Waals surface area contributed by atoms with E-state index >= 15 is 0 Å². The summed E-state index contributed by atoms with van der Waals surface area (Å²) in [4.78, 5) is 18.4. The molecule has 0 bridgehead atoms. The van der Waals surface area contributed by atoms with E-state index < -0.39 is 0 Å². The maximum atomic E-state index is 5.23. The maximum absolute atomic E-state index is 5.23. The Morgan fingerprint density at radius 3 is 2.09 bits per heavy atom. The van der Waals surface area contributed by atoms with Gasteiger partial charge in [-0.3, -0.25) is 0 Å². The van der Waals surface area contributed by atoms with Crippen LogP contribution in [0.15, 0.2) is 67.0 Å². The minimum absolute atomic E-state index is 0.426. The van der Waals surface area contributed by atoms with Gasteiger partial charge in [0.05, 0.1) is 10.2 Å². The van der Waals surface area contributed by atoms with Crippen LogP contribution >= 0.6 is 11.3 Å². The molecule has 0 spiro atoms. The number of thiophene rings is 1. The molecule has 0 amide bonds. The second-order valence-corrected chi connectivity index (χ2v) is 10.8. The number of hydrogen-bond acceptors (Lipinski definition) is 5. The van der Waals surface area contributed by atoms with Gasteiger partial charge in [-0.25, -0.2) is 15.0 Å². The molecular formula is C30H30N4S. The molecular weight excluding hydrogens is 448 g/mol. The molecule has 1 aliphatic carbocycles. The predicted molar refractivity (Wildman–Crippen MR) is 146 cm³/mol. The molecule has 0 radical (unpaired) electrons. The quantitative estimate of drug-likeness (QED) is 0.254. The average molecular weight is 479 g/mol. The first-order valence-electron chi connectivity index (χ1n) is 12.6. The van der Waals surface area contributed by atoms with E-state index in [1.807, 2.05) is 0 Å². The van der Waals surface area contributed by atoms with Gasteiger partial charge in [-0.2, -0.15) is 0 Å². The van der Waals surface area contributed by atoms with Crippen molar-refractivity contribution >= 4 is 37.6 Å². The number of anilines is 1. The Kier molecular flexibility index (Phi) is 5.95. The molecule has 35 heavy (non-hydrogen) atoms. The number of rotatable bonds is 6. The Labute approximate surface area is 210 Å². The van der Waals surface area contributed by atoms with Crippen LogP contribution in [0.3, 0.4) is 0 Å². The van der Waals surface area contributed by atoms with E-state index in [-0.39, 0.29) is 0 Å². The van der Waals surface area contributed by atoms with Crippen molar-refractivity contribution in [2.45, 2.75) is 58.5 Å². The summed E-state index contributed by atoms with van der Waals surface area (Å²) >= 11 is 1.76. The fourth-order valence-corrected chi connectivity index (χ4v) is 6.58. The molecule has 3 aromatic heterocycles. The topological polar surface area (TPSA) is 41.9 Å². The number of aromatic nitrogens is 3. The van der Waals surface area contributed by atoms with Gasteiger partial charge in [-0.15, -0.1) is 11.3 Å². The molecule has 5 aromatic rings. The zero-order valence-electron chi connectivity index (χ0n) is 20.4. The standard InChI is InChI=1S/C30H30N4S/c1-20(2)26-24-16-10-9-15-23(24)25-27-28(35-30(25)33-26)29(32-19-31-27)34(17-21-11-5-3-6-12-21)18-22-13-7-4-8-14-22/h3-8,11-14,19-20H,9-10,15-18H2,1-2H3. The summed E-state index contributed by atoms with van der Waals surface area (Å²) in [6, 6.07) is 21.3. The van der Waals surface area contributed by atoms with E-state index in [2.05, 4.69) is 79.4 Å². The van der Waals surface area contributed by atoms with E-state index in [0.717, 1.165) is 46.8 Å². The van der Waals surface area contributed by atoms with E-state index in [1.54, 1.807) is 17.7 Å². The highest BCUT2D eigenvalue weighted by Crippen LogP contribution is 2.42. The zero-order chi connectivity index (χ0) is 23.8. The largest absolute Gasteiger partial charge is 0.347 e. The van der Waals surface area contributed by atoms with Crippen molar-refractivity contribution in [1.29, 1.82) is 0 Å². The van der Waals surface area contributed by atoms with E-state index in [9.17, 15) is 0 Å². The highest BCUT2D eigenvalue weighted by molar-refractivity contribution is 7.26. The van der Waals surface area contributed by atoms with Gasteiger partial charge < -0.3 is 4.90 Å². The second-order valence-electron chi connectivity index (χ2n) is 9.80. The SMILES string of the molecule is CC(C)c1nc2sc3c(N(Cc4ccccc4)Cc4ccccc4)ncnc3c2c2c1CCCC2. The number of pyridine rings is 1. The lowest BCUT2D eigenvalue weighted by atomic mass is 9.86. The van der Waals surface area contributed by atoms with Crippen LogP contribution in [-0.2, 0) is 25.9 Å². The molecule has 2 aromatic carbocycles. The molecule has 0 atom stereocenters. The van der Waals surface area contributed by atoms with Crippen LogP contribution in [0.2, 0.25) is 0 Å². The molecule has 0 N–H and O–H groups in total. The predicted octanol–water partition coefficient (Wildman–Crippen LogP) is 7.45. The van der Waals surface area contributed by atoms with Crippen molar-refractivity contribution in [3.63, 3.8) is 0 Å². The van der Waals surface area contributed by atoms with Gasteiger partial charge in [-0.05, 0) is 53.9 Å². The highest BCUT2D eigenvalue weighted by atomic mass is 32.1. The highest BCUT2D eigenvalue weighted by Gasteiger charge is 2.25. The molecule has 5 heteroatoms. The molecule has 176 valence electrons. The van der Waals surface area contributed by atoms with Gasteiger partial charge in [0.15, 0.2) is 5.82 Å². The molecule has 0 fully saturated rings. The lowest BCUT2D eigenvalue weighted by Gasteiger charge is -2.24. The van der Waals surface area contributed by atoms with Crippen molar-refractivity contribution in [2.24, 2.45) is 0 Å². The van der Waals surface area contributed by atoms with Crippen molar-refractivity contribution in [2.75, 3.05) is 4.90 Å². The fraction of sp³-hybridized carbons (Fsp3) is 0.300. The molecule has 6 rings (SSSR count). The van der Waals surface area contributed by atoms with Crippen LogP contribution in [0.1, 0.15) is 60.6 Å². The summed E-state index contributed by atoms with van der Waals surface area (Å²) in [6.45, 7) is 6.11. The number of benzene rings is 2. The summed E-state index contributed by atoms with van der Waals surface area (Å²) in [6.07, 6.45) is 6.50. The van der Waals surface area contributed by atoms with Gasteiger partial charge >= 0.3 is 0 Å². The number of aryl methyl sites for hydroxylation is 1. The number of hydrogen-bond donors (Lipinski definition) is 0. The first kappa shape index (κ1) is 22.2. The average Bonchev–Trinajstić information content (AvgIpc) is 3.28. The first-order chi connectivity index (χ1) is 17.2. The van der Waals surface area contributed by atoms with Crippen molar-refractivity contribution in [3.05, 3.63) is 94.9 Å². The van der Waals surface area contributed by atoms with Crippen LogP contribution < -0.4 is 4.90 Å². The van der Waals surface area contributed by atoms with Crippen LogP contribution in [0.25, 0.3) is 20.4 Å². The van der Waals surface area contributed by atoms with Gasteiger partial charge in [-0.1, -0.05) is 74.5 Å². The van der Waals surface area contributed by atoms with Crippen LogP contribution in [0, 0.1) is 0 Å². The Morgan fingerprint density at radius 1 is 0.829 bits per heavy atom. The summed E-state index contributed by atoms with van der Waals surface area (Å²) in [7, 11) is 0. The Bertz CT molecular complexity index is 1430. The van der Waals surface area contributed by atoms with Gasteiger partial charge in [0, 0.05) is 24.2 Å². The smallest absolute Gasteiger partial charge is 0.150 e. The third-order valence-corrected chi connectivity index (χ3v) is 8.08. The van der Waals surface area contributed by atoms with Crippen molar-refractivity contribution in [3.8, 4) is 0 Å². The fourth-order valence-electron chi connectivity index (χ4n) is 5.39. The minimum atomic E-state index is 0.426. The second kappa shape index (κ2) is 9.38. The van der Waals surface area contributed by atoms with Crippen LogP contribution in [0.5, 0.6) is 0 Å². The van der Waals surface area contributed by atoms with Crippen molar-refractivity contribution in [1.82, 2.24) is 15.0 Å². The normalized spacial score (nSPS) is 13.5. The van der Waals surface area contributed by atoms with Gasteiger partial charge in [0.2, 0.25) is 0 Å². The molecule has 1 aliphatic rings. The van der Waals surface area contributed by atoms with Gasteiger partial charge in [0.25, 0.3) is 0 Å². The summed E-state index contributed by atoms with van der Waals surface area (Å²) in [5.41, 5.74) is 7.85. The van der Waals surface area contributed by atoms with E-state index in [0.29, 0.717) is 5.92 Å². The number of nitrogens with zero attached hydrogens (tertiary/aromatic N) is 4. The molecule has 0 saturated carbocycles. The molecule has 0 aliphatic heterocycles. The third-order valence-electron chi connectivity index (χ3n) is 7.01. The van der Waals surface area contributed by atoms with E-state index in [4.69, 9.17) is 15.0 Å². The van der Waals surface area contributed by atoms with Crippen LogP contribution in [-0.4, -0.2) is 15.0 Å². The lowest BCUT2D eigenvalue weighted by Crippen LogP contribution is -2.23. The summed E-state index contributed by atoms with van der Waals surface area (Å²) in [5.74, 6) is 1.43. The van der Waals surface area contributed by atoms with Gasteiger partial charge in [0.1, 0.15) is 11.2 Å². The zero-order valence-corrected chi connectivity index (χ0v) is 21.2. The Balaban J connectivity index is 1.54. The van der Waals surface area contributed by atoms with Crippen LogP contribution in [0.4, 0.5) is 5.82 Å². The maximum Gasteiger partial charge on any atom is 0.150 e. The van der Waals surface area contributed by atoms with E-state index in [1.165, 1.54) is 46.2 Å². The summed E-state index contributed by atoms with van der Waals surface area (Å²) in [5, 5.41) is 1.27. The summed E-state index contributed by atoms with van der Waals surface area (Å²) < 4.78 is 1.15. The lowest BCUT2D eigenvalue weighted by molar-refractivity contribution is 0.667. The van der Waals surface area contributed by atoms with Crippen molar-refractivity contribution < 1.29 is 0 Å². The molecule has 0 saturated heterocycles. The number of fused-ring (bicyclic) bond motifs is 5. The third kappa shape index (κ3) is 4.19. The first-order valence-corrected chi connectivity index (χ1v) is 13.4. The molecule has 0 unspecified atom stereocenters. The molecule has 4 nitrogen and oxygen atoms in total. The monoisotopic (exact) mass is 478 g/mol. The Hall–Kier alpha value is -3.31.